The Morgan fingerprint density at radius 2 is 1.77 bits per heavy atom. The van der Waals surface area contributed by atoms with Crippen molar-refractivity contribution in [2.24, 2.45) is 0 Å². The molecular formula is C25H25N3O2S. The fraction of sp³-hybridized carbons (Fsp3) is 0.280. The molecule has 4 aromatic rings. The molecule has 5 nitrogen and oxygen atoms in total. The van der Waals surface area contributed by atoms with Gasteiger partial charge in [-0.1, -0.05) is 42.4 Å². The molecule has 1 aliphatic rings. The van der Waals surface area contributed by atoms with Crippen LogP contribution in [0.15, 0.2) is 70.7 Å². The molecule has 0 amide bonds. The number of hydrogen-bond acceptors (Lipinski definition) is 5. The Labute approximate surface area is 185 Å². The lowest BCUT2D eigenvalue weighted by atomic mass is 9.98. The molecule has 2 aromatic carbocycles. The average Bonchev–Trinajstić information content (AvgIpc) is 3.23. The number of fused-ring (bicyclic) bond motifs is 1. The van der Waals surface area contributed by atoms with E-state index < -0.39 is 0 Å². The number of hydrogen-bond donors (Lipinski definition) is 2. The molecule has 0 atom stereocenters. The van der Waals surface area contributed by atoms with E-state index in [0.29, 0.717) is 0 Å². The largest absolute Gasteiger partial charge is 0.489 e. The number of aliphatic hydroxyl groups is 1. The molecule has 1 aliphatic carbocycles. The lowest BCUT2D eigenvalue weighted by Crippen LogP contribution is -2.19. The number of pyridine rings is 1. The summed E-state index contributed by atoms with van der Waals surface area (Å²) in [6.07, 6.45) is 9.89. The first kappa shape index (κ1) is 20.1. The maximum absolute atomic E-state index is 9.29. The van der Waals surface area contributed by atoms with Gasteiger partial charge in [-0.25, -0.2) is 4.98 Å². The Kier molecular flexibility index (Phi) is 5.91. The topological polar surface area (TPSA) is 71.0 Å². The van der Waals surface area contributed by atoms with Crippen molar-refractivity contribution in [1.29, 1.82) is 0 Å². The van der Waals surface area contributed by atoms with Gasteiger partial charge in [0.1, 0.15) is 11.6 Å². The van der Waals surface area contributed by atoms with Crippen LogP contribution in [0, 0.1) is 0 Å². The molecule has 6 heteroatoms. The highest BCUT2D eigenvalue weighted by Crippen LogP contribution is 2.39. The molecule has 0 aliphatic heterocycles. The molecule has 158 valence electrons. The smallest absolute Gasteiger partial charge is 0.138 e. The van der Waals surface area contributed by atoms with Gasteiger partial charge in [0.15, 0.2) is 0 Å². The Hall–Kier alpha value is -2.83. The highest BCUT2D eigenvalue weighted by Gasteiger charge is 2.19. The van der Waals surface area contributed by atoms with E-state index in [1.165, 1.54) is 19.3 Å². The third kappa shape index (κ3) is 4.60. The molecule has 0 saturated heterocycles. The number of imidazole rings is 1. The molecule has 1 fully saturated rings. The van der Waals surface area contributed by atoms with E-state index in [9.17, 15) is 5.11 Å². The summed E-state index contributed by atoms with van der Waals surface area (Å²) in [5.41, 5.74) is 3.76. The van der Waals surface area contributed by atoms with E-state index in [2.05, 4.69) is 22.1 Å². The van der Waals surface area contributed by atoms with Crippen LogP contribution in [-0.4, -0.2) is 26.2 Å². The lowest BCUT2D eigenvalue weighted by Gasteiger charge is -2.24. The summed E-state index contributed by atoms with van der Waals surface area (Å²) in [5, 5.41) is 9.29. The third-order valence-electron chi connectivity index (χ3n) is 5.68. The maximum atomic E-state index is 9.29. The van der Waals surface area contributed by atoms with Gasteiger partial charge in [0.25, 0.3) is 0 Å². The second kappa shape index (κ2) is 9.12. The van der Waals surface area contributed by atoms with Crippen LogP contribution >= 0.6 is 11.8 Å². The maximum Gasteiger partial charge on any atom is 0.138 e. The van der Waals surface area contributed by atoms with Gasteiger partial charge in [0.2, 0.25) is 0 Å². The summed E-state index contributed by atoms with van der Waals surface area (Å²) >= 11 is 1.68. The van der Waals surface area contributed by atoms with Crippen molar-refractivity contribution >= 4 is 22.8 Å². The average molecular weight is 432 g/mol. The summed E-state index contributed by atoms with van der Waals surface area (Å²) in [7, 11) is 0. The zero-order chi connectivity index (χ0) is 21.0. The van der Waals surface area contributed by atoms with Gasteiger partial charge < -0.3 is 14.8 Å². The zero-order valence-corrected chi connectivity index (χ0v) is 18.1. The van der Waals surface area contributed by atoms with Gasteiger partial charge in [-0.3, -0.25) is 4.98 Å². The van der Waals surface area contributed by atoms with E-state index in [-0.39, 0.29) is 12.7 Å². The summed E-state index contributed by atoms with van der Waals surface area (Å²) in [5.74, 6) is 1.72. The molecule has 2 aromatic heterocycles. The first-order chi connectivity index (χ1) is 15.3. The third-order valence-corrected chi connectivity index (χ3v) is 6.73. The van der Waals surface area contributed by atoms with Crippen LogP contribution < -0.4 is 4.74 Å². The first-order valence-corrected chi connectivity index (χ1v) is 11.6. The fourth-order valence-electron chi connectivity index (χ4n) is 3.99. The second-order valence-electron chi connectivity index (χ2n) is 7.92. The monoisotopic (exact) mass is 431 g/mol. The number of H-pyrrole nitrogens is 1. The Balaban J connectivity index is 1.51. The van der Waals surface area contributed by atoms with Crippen LogP contribution in [0.25, 0.3) is 22.4 Å². The van der Waals surface area contributed by atoms with Gasteiger partial charge >= 0.3 is 0 Å². The van der Waals surface area contributed by atoms with Gasteiger partial charge in [-0.2, -0.15) is 0 Å². The molecule has 1 saturated carbocycles. The van der Waals surface area contributed by atoms with Crippen LogP contribution in [0.1, 0.15) is 37.7 Å². The van der Waals surface area contributed by atoms with Gasteiger partial charge in [0.05, 0.1) is 28.6 Å². The highest BCUT2D eigenvalue weighted by molar-refractivity contribution is 7.99. The van der Waals surface area contributed by atoms with Crippen molar-refractivity contribution in [2.75, 3.05) is 0 Å². The Morgan fingerprint density at radius 3 is 2.52 bits per heavy atom. The van der Waals surface area contributed by atoms with Crippen LogP contribution in [0.4, 0.5) is 0 Å². The summed E-state index contributed by atoms with van der Waals surface area (Å²) in [4.78, 5) is 14.6. The second-order valence-corrected chi connectivity index (χ2v) is 9.03. The van der Waals surface area contributed by atoms with Crippen LogP contribution in [0.3, 0.4) is 0 Å². The van der Waals surface area contributed by atoms with Crippen molar-refractivity contribution in [3.05, 3.63) is 66.5 Å². The molecule has 0 bridgehead atoms. The number of aromatic nitrogens is 3. The molecule has 2 heterocycles. The summed E-state index contributed by atoms with van der Waals surface area (Å²) in [6, 6.07) is 16.0. The molecule has 31 heavy (non-hydrogen) atoms. The fourth-order valence-corrected chi connectivity index (χ4v) is 4.88. The quantitative estimate of drug-likeness (QED) is 0.393. The molecule has 0 unspecified atom stereocenters. The zero-order valence-electron chi connectivity index (χ0n) is 17.3. The predicted molar refractivity (Wildman–Crippen MR) is 123 cm³/mol. The molecular weight excluding hydrogens is 406 g/mol. The number of aromatic amines is 1. The molecule has 0 radical (unpaired) electrons. The minimum Gasteiger partial charge on any atom is -0.489 e. The van der Waals surface area contributed by atoms with Gasteiger partial charge in [0, 0.05) is 28.9 Å². The van der Waals surface area contributed by atoms with E-state index in [4.69, 9.17) is 9.72 Å². The van der Waals surface area contributed by atoms with Crippen LogP contribution in [-0.2, 0) is 6.61 Å². The molecule has 0 spiro atoms. The number of benzene rings is 2. The first-order valence-electron chi connectivity index (χ1n) is 10.8. The van der Waals surface area contributed by atoms with Crippen molar-refractivity contribution in [1.82, 2.24) is 15.0 Å². The normalized spacial score (nSPS) is 14.7. The number of ether oxygens (including phenoxy) is 1. The van der Waals surface area contributed by atoms with Crippen LogP contribution in [0.2, 0.25) is 0 Å². The summed E-state index contributed by atoms with van der Waals surface area (Å²) in [6.45, 7) is 0.0395. The summed E-state index contributed by atoms with van der Waals surface area (Å²) < 4.78 is 6.50. The van der Waals surface area contributed by atoms with E-state index >= 15 is 0 Å². The molecule has 5 rings (SSSR count). The van der Waals surface area contributed by atoms with E-state index in [0.717, 1.165) is 56.4 Å². The lowest BCUT2D eigenvalue weighted by molar-refractivity contribution is 0.151. The minimum absolute atomic E-state index is 0.0395. The number of nitrogens with one attached hydrogen (secondary N) is 1. The number of nitrogens with zero attached hydrogens (tertiary/aromatic N) is 2. The predicted octanol–water partition coefficient (Wildman–Crippen LogP) is 5.98. The number of aliphatic hydroxyl groups excluding tert-OH is 1. The van der Waals surface area contributed by atoms with Crippen molar-refractivity contribution in [3.63, 3.8) is 0 Å². The van der Waals surface area contributed by atoms with Crippen molar-refractivity contribution in [3.8, 4) is 17.1 Å². The van der Waals surface area contributed by atoms with Crippen molar-refractivity contribution in [2.45, 2.75) is 54.6 Å². The minimum atomic E-state index is 0.0395. The van der Waals surface area contributed by atoms with E-state index in [1.54, 1.807) is 11.8 Å². The van der Waals surface area contributed by atoms with Gasteiger partial charge in [-0.05, 0) is 49.4 Å². The molecule has 2 N–H and O–H groups in total. The van der Waals surface area contributed by atoms with Crippen LogP contribution in [0.5, 0.6) is 5.75 Å². The van der Waals surface area contributed by atoms with Crippen molar-refractivity contribution < 1.29 is 9.84 Å². The van der Waals surface area contributed by atoms with E-state index in [1.807, 2.05) is 48.8 Å². The SMILES string of the molecule is OCc1ccc(-c2nc3cc(Sc4ccncc4)c(OC4CCCCC4)cc3[nH]2)cc1. The Bertz CT molecular complexity index is 1150. The Morgan fingerprint density at radius 1 is 1.00 bits per heavy atom. The number of rotatable bonds is 6. The highest BCUT2D eigenvalue weighted by atomic mass is 32.2. The standard InChI is InChI=1S/C25H25N3O2S/c29-16-17-6-8-18(9-7-17)25-27-21-14-23(30-19-4-2-1-3-5-19)24(15-22(21)28-25)31-20-10-12-26-13-11-20/h6-15,19,29H,1-5,16H2,(H,27,28). The van der Waals surface area contributed by atoms with Gasteiger partial charge in [-0.15, -0.1) is 0 Å².